The third-order valence-corrected chi connectivity index (χ3v) is 4.19. The van der Waals surface area contributed by atoms with E-state index in [1.54, 1.807) is 49.8 Å². The summed E-state index contributed by atoms with van der Waals surface area (Å²) in [5, 5.41) is 8.66. The van der Waals surface area contributed by atoms with E-state index in [0.29, 0.717) is 30.1 Å². The Morgan fingerprint density at radius 1 is 1.00 bits per heavy atom. The van der Waals surface area contributed by atoms with E-state index in [2.05, 4.69) is 16.0 Å². The van der Waals surface area contributed by atoms with Crippen molar-refractivity contribution in [2.75, 3.05) is 19.0 Å². The highest BCUT2D eigenvalue weighted by molar-refractivity contribution is 5.97. The maximum Gasteiger partial charge on any atom is 0.251 e. The van der Waals surface area contributed by atoms with Gasteiger partial charge in [-0.3, -0.25) is 9.59 Å². The molecule has 2 aromatic carbocycles. The highest BCUT2D eigenvalue weighted by atomic mass is 16.5. The van der Waals surface area contributed by atoms with E-state index in [0.717, 1.165) is 11.3 Å². The number of carbonyl (C=O) groups excluding carboxylic acids is 2. The molecular formula is C22H23N3O4. The molecule has 29 heavy (non-hydrogen) atoms. The number of nitrogens with one attached hydrogen (secondary N) is 3. The molecule has 0 spiro atoms. The van der Waals surface area contributed by atoms with Crippen LogP contribution in [0.3, 0.4) is 0 Å². The van der Waals surface area contributed by atoms with Crippen LogP contribution < -0.4 is 20.7 Å². The molecule has 7 heteroatoms. The Labute approximate surface area is 169 Å². The number of rotatable bonds is 9. The molecule has 3 N–H and O–H groups in total. The lowest BCUT2D eigenvalue weighted by molar-refractivity contribution is -0.115. The largest absolute Gasteiger partial charge is 0.497 e. The molecule has 0 aliphatic rings. The highest BCUT2D eigenvalue weighted by Crippen LogP contribution is 2.12. The van der Waals surface area contributed by atoms with Gasteiger partial charge in [0.15, 0.2) is 0 Å². The molecule has 3 rings (SSSR count). The molecule has 0 unspecified atom stereocenters. The molecule has 0 aliphatic heterocycles. The van der Waals surface area contributed by atoms with Gasteiger partial charge in [-0.25, -0.2) is 0 Å². The van der Waals surface area contributed by atoms with Gasteiger partial charge in [0.05, 0.1) is 26.5 Å². The lowest BCUT2D eigenvalue weighted by Gasteiger charge is -2.09. The average molecular weight is 393 g/mol. The summed E-state index contributed by atoms with van der Waals surface area (Å²) < 4.78 is 10.3. The average Bonchev–Trinajstić information content (AvgIpc) is 3.26. The van der Waals surface area contributed by atoms with Gasteiger partial charge in [-0.1, -0.05) is 18.2 Å². The summed E-state index contributed by atoms with van der Waals surface area (Å²) in [7, 11) is 1.62. The third kappa shape index (κ3) is 6.22. The van der Waals surface area contributed by atoms with E-state index in [9.17, 15) is 9.59 Å². The first kappa shape index (κ1) is 20.2. The van der Waals surface area contributed by atoms with Crippen LogP contribution in [0.2, 0.25) is 0 Å². The number of hydrogen-bond donors (Lipinski definition) is 3. The predicted octanol–water partition coefficient (Wildman–Crippen LogP) is 2.95. The number of furan rings is 1. The predicted molar refractivity (Wildman–Crippen MR) is 110 cm³/mol. The van der Waals surface area contributed by atoms with Gasteiger partial charge >= 0.3 is 0 Å². The Hall–Kier alpha value is -3.58. The molecule has 7 nitrogen and oxygen atoms in total. The number of carbonyl (C=O) groups is 2. The van der Waals surface area contributed by atoms with Gasteiger partial charge in [0.25, 0.3) is 5.91 Å². The van der Waals surface area contributed by atoms with Crippen molar-refractivity contribution in [1.29, 1.82) is 0 Å². The van der Waals surface area contributed by atoms with Crippen molar-refractivity contribution in [1.82, 2.24) is 10.6 Å². The number of methoxy groups -OCH3 is 1. The van der Waals surface area contributed by atoms with Crippen molar-refractivity contribution in [2.24, 2.45) is 0 Å². The number of ether oxygens (including phenoxy) is 1. The van der Waals surface area contributed by atoms with Crippen molar-refractivity contribution in [3.63, 3.8) is 0 Å². The minimum absolute atomic E-state index is 0.154. The van der Waals surface area contributed by atoms with Crippen molar-refractivity contribution in [3.8, 4) is 5.75 Å². The van der Waals surface area contributed by atoms with Crippen molar-refractivity contribution in [3.05, 3.63) is 83.8 Å². The van der Waals surface area contributed by atoms with Gasteiger partial charge in [-0.05, 0) is 48.0 Å². The van der Waals surface area contributed by atoms with Crippen LogP contribution in [-0.4, -0.2) is 25.5 Å². The van der Waals surface area contributed by atoms with Crippen LogP contribution in [0.4, 0.5) is 5.69 Å². The van der Waals surface area contributed by atoms with Crippen LogP contribution in [0.5, 0.6) is 5.75 Å². The molecule has 1 aromatic heterocycles. The Bertz CT molecular complexity index is 937. The maximum absolute atomic E-state index is 12.3. The van der Waals surface area contributed by atoms with E-state index >= 15 is 0 Å². The zero-order chi connectivity index (χ0) is 20.5. The minimum atomic E-state index is -0.241. The number of hydrogen-bond acceptors (Lipinski definition) is 5. The lowest BCUT2D eigenvalue weighted by Crippen LogP contribution is -2.28. The van der Waals surface area contributed by atoms with Crippen LogP contribution >= 0.6 is 0 Å². The van der Waals surface area contributed by atoms with Gasteiger partial charge in [0.2, 0.25) is 5.91 Å². The van der Waals surface area contributed by atoms with Crippen LogP contribution in [0, 0.1) is 0 Å². The smallest absolute Gasteiger partial charge is 0.251 e. The van der Waals surface area contributed by atoms with E-state index in [4.69, 9.17) is 9.15 Å². The molecular weight excluding hydrogens is 370 g/mol. The maximum atomic E-state index is 12.3. The normalized spacial score (nSPS) is 10.4. The first-order chi connectivity index (χ1) is 14.1. The second-order valence-electron chi connectivity index (χ2n) is 6.34. The molecule has 1 heterocycles. The van der Waals surface area contributed by atoms with Crippen LogP contribution in [0.1, 0.15) is 21.7 Å². The fourth-order valence-corrected chi connectivity index (χ4v) is 2.69. The van der Waals surface area contributed by atoms with Gasteiger partial charge in [0.1, 0.15) is 11.5 Å². The topological polar surface area (TPSA) is 92.6 Å². The fourth-order valence-electron chi connectivity index (χ4n) is 2.69. The Kier molecular flexibility index (Phi) is 7.02. The summed E-state index contributed by atoms with van der Waals surface area (Å²) in [6, 6.07) is 18.0. The Morgan fingerprint density at radius 2 is 1.83 bits per heavy atom. The highest BCUT2D eigenvalue weighted by Gasteiger charge is 2.08. The molecule has 0 saturated heterocycles. The lowest BCUT2D eigenvalue weighted by atomic mass is 10.2. The number of anilines is 1. The van der Waals surface area contributed by atoms with Gasteiger partial charge in [-0.2, -0.15) is 0 Å². The van der Waals surface area contributed by atoms with Crippen molar-refractivity contribution < 1.29 is 18.7 Å². The molecule has 0 fully saturated rings. The van der Waals surface area contributed by atoms with E-state index in [-0.39, 0.29) is 18.4 Å². The Morgan fingerprint density at radius 3 is 2.55 bits per heavy atom. The molecule has 0 aliphatic carbocycles. The molecule has 2 amide bonds. The van der Waals surface area contributed by atoms with Crippen molar-refractivity contribution in [2.45, 2.75) is 13.1 Å². The standard InChI is InChI=1S/C22H23N3O4/c1-28-19-9-7-16(8-10-19)13-23-15-21(26)25-18-5-2-4-17(12-18)22(27)24-14-20-6-3-11-29-20/h2-12,23H,13-15H2,1H3,(H,24,27)(H,25,26). The van der Waals surface area contributed by atoms with Gasteiger partial charge in [-0.15, -0.1) is 0 Å². The van der Waals surface area contributed by atoms with E-state index in [1.165, 1.54) is 0 Å². The molecule has 0 radical (unpaired) electrons. The molecule has 0 saturated carbocycles. The zero-order valence-electron chi connectivity index (χ0n) is 16.1. The fraction of sp³-hybridized carbons (Fsp3) is 0.182. The van der Waals surface area contributed by atoms with Gasteiger partial charge in [0, 0.05) is 17.8 Å². The van der Waals surface area contributed by atoms with Crippen LogP contribution in [-0.2, 0) is 17.9 Å². The molecule has 3 aromatic rings. The number of benzene rings is 2. The first-order valence-electron chi connectivity index (χ1n) is 9.18. The van der Waals surface area contributed by atoms with Crippen LogP contribution in [0.25, 0.3) is 0 Å². The van der Waals surface area contributed by atoms with Crippen molar-refractivity contribution >= 4 is 17.5 Å². The minimum Gasteiger partial charge on any atom is -0.497 e. The van der Waals surface area contributed by atoms with E-state index < -0.39 is 0 Å². The third-order valence-electron chi connectivity index (χ3n) is 4.19. The summed E-state index contributed by atoms with van der Waals surface area (Å²) >= 11 is 0. The summed E-state index contributed by atoms with van der Waals surface area (Å²) in [4.78, 5) is 24.4. The number of amides is 2. The zero-order valence-corrected chi connectivity index (χ0v) is 16.1. The second-order valence-corrected chi connectivity index (χ2v) is 6.34. The summed E-state index contributed by atoms with van der Waals surface area (Å²) in [5.74, 6) is 1.03. The summed E-state index contributed by atoms with van der Waals surface area (Å²) in [5.41, 5.74) is 2.07. The molecule has 150 valence electrons. The Balaban J connectivity index is 1.45. The first-order valence-corrected chi connectivity index (χ1v) is 9.18. The summed E-state index contributed by atoms with van der Waals surface area (Å²) in [6.45, 7) is 1.02. The quantitative estimate of drug-likeness (QED) is 0.520. The molecule has 0 atom stereocenters. The van der Waals surface area contributed by atoms with Crippen LogP contribution in [0.15, 0.2) is 71.3 Å². The monoisotopic (exact) mass is 393 g/mol. The SMILES string of the molecule is COc1ccc(CNCC(=O)Nc2cccc(C(=O)NCc3ccco3)c2)cc1. The molecule has 0 bridgehead atoms. The van der Waals surface area contributed by atoms with Gasteiger partial charge < -0.3 is 25.1 Å². The summed E-state index contributed by atoms with van der Waals surface area (Å²) in [6.07, 6.45) is 1.56. The second kappa shape index (κ2) is 10.1. The van der Waals surface area contributed by atoms with E-state index in [1.807, 2.05) is 24.3 Å².